The topological polar surface area (TPSA) is 57.0 Å². The third kappa shape index (κ3) is 3.88. The quantitative estimate of drug-likeness (QED) is 0.551. The van der Waals surface area contributed by atoms with Crippen LogP contribution in [0.15, 0.2) is 29.4 Å². The van der Waals surface area contributed by atoms with Crippen molar-refractivity contribution in [2.24, 2.45) is 0 Å². The molecule has 118 valence electrons. The van der Waals surface area contributed by atoms with E-state index >= 15 is 0 Å². The second kappa shape index (κ2) is 7.98. The summed E-state index contributed by atoms with van der Waals surface area (Å²) in [4.78, 5) is 11.0. The van der Waals surface area contributed by atoms with Gasteiger partial charge in [0.2, 0.25) is 0 Å². The van der Waals surface area contributed by atoms with Crippen LogP contribution in [0.25, 0.3) is 11.4 Å². The number of methoxy groups -OCH3 is 1. The van der Waals surface area contributed by atoms with Gasteiger partial charge in [-0.2, -0.15) is 0 Å². The monoisotopic (exact) mass is 319 g/mol. The predicted molar refractivity (Wildman–Crippen MR) is 88.3 cm³/mol. The molecule has 1 heterocycles. The number of rotatable bonds is 8. The van der Waals surface area contributed by atoms with Crippen LogP contribution in [0.1, 0.15) is 26.7 Å². The lowest BCUT2D eigenvalue weighted by molar-refractivity contribution is -0.117. The van der Waals surface area contributed by atoms with E-state index in [0.29, 0.717) is 6.42 Å². The summed E-state index contributed by atoms with van der Waals surface area (Å²) >= 11 is 1.64. The largest absolute Gasteiger partial charge is 0.496 e. The maximum atomic E-state index is 11.0. The molecule has 0 atom stereocenters. The molecule has 0 bridgehead atoms. The lowest BCUT2D eigenvalue weighted by Gasteiger charge is -2.10. The summed E-state index contributed by atoms with van der Waals surface area (Å²) in [6, 6.07) is 7.81. The molecule has 0 saturated heterocycles. The van der Waals surface area contributed by atoms with Gasteiger partial charge >= 0.3 is 0 Å². The molecule has 0 aliphatic carbocycles. The molecular formula is C16H21N3O2S. The Bertz CT molecular complexity index is 640. The molecule has 0 fully saturated rings. The van der Waals surface area contributed by atoms with E-state index in [9.17, 15) is 4.79 Å². The van der Waals surface area contributed by atoms with E-state index in [1.54, 1.807) is 25.8 Å². The van der Waals surface area contributed by atoms with Gasteiger partial charge < -0.3 is 14.1 Å². The van der Waals surface area contributed by atoms with Crippen LogP contribution in [-0.4, -0.2) is 33.4 Å². The molecule has 2 rings (SSSR count). The molecule has 2 aromatic rings. The summed E-state index contributed by atoms with van der Waals surface area (Å²) < 4.78 is 7.49. The van der Waals surface area contributed by atoms with Gasteiger partial charge in [-0.05, 0) is 32.4 Å². The average molecular weight is 319 g/mol. The second-order valence-electron chi connectivity index (χ2n) is 4.90. The van der Waals surface area contributed by atoms with Crippen LogP contribution in [0, 0.1) is 0 Å². The molecule has 0 aliphatic rings. The summed E-state index contributed by atoms with van der Waals surface area (Å²) in [6.07, 6.45) is 1.48. The number of thioether (sulfide) groups is 1. The van der Waals surface area contributed by atoms with Gasteiger partial charge in [-0.1, -0.05) is 23.9 Å². The number of carbonyl (C=O) groups is 1. The average Bonchev–Trinajstić information content (AvgIpc) is 2.94. The molecular weight excluding hydrogens is 298 g/mol. The Hall–Kier alpha value is -1.82. The van der Waals surface area contributed by atoms with Crippen LogP contribution < -0.4 is 4.74 Å². The highest BCUT2D eigenvalue weighted by Gasteiger charge is 2.16. The summed E-state index contributed by atoms with van der Waals surface area (Å²) in [5, 5.41) is 9.50. The van der Waals surface area contributed by atoms with Crippen molar-refractivity contribution in [3.8, 4) is 17.1 Å². The molecule has 5 nitrogen and oxygen atoms in total. The van der Waals surface area contributed by atoms with Crippen molar-refractivity contribution in [1.82, 2.24) is 14.8 Å². The van der Waals surface area contributed by atoms with Gasteiger partial charge in [-0.15, -0.1) is 10.2 Å². The molecule has 0 radical (unpaired) electrons. The van der Waals surface area contributed by atoms with Crippen molar-refractivity contribution in [2.45, 2.75) is 38.4 Å². The number of para-hydroxylation sites is 1. The molecule has 0 aliphatic heterocycles. The lowest BCUT2D eigenvalue weighted by atomic mass is 10.2. The smallest absolute Gasteiger partial charge is 0.191 e. The molecule has 0 amide bonds. The van der Waals surface area contributed by atoms with E-state index in [1.807, 2.05) is 24.3 Å². The summed E-state index contributed by atoms with van der Waals surface area (Å²) in [7, 11) is 1.66. The van der Waals surface area contributed by atoms with Gasteiger partial charge in [0, 0.05) is 18.7 Å². The third-order valence-electron chi connectivity index (χ3n) is 3.29. The van der Waals surface area contributed by atoms with E-state index in [4.69, 9.17) is 4.74 Å². The van der Waals surface area contributed by atoms with E-state index in [2.05, 4.69) is 21.7 Å². The van der Waals surface area contributed by atoms with Crippen LogP contribution in [0.4, 0.5) is 0 Å². The predicted octanol–water partition coefficient (Wildman–Crippen LogP) is 3.43. The first-order valence-corrected chi connectivity index (χ1v) is 8.34. The van der Waals surface area contributed by atoms with Gasteiger partial charge in [-0.3, -0.25) is 0 Å². The summed E-state index contributed by atoms with van der Waals surface area (Å²) in [5.41, 5.74) is 0.940. The SMILES string of the molecule is CCn1c(SCCCC(C)=O)nnc1-c1ccccc1OC. The number of ether oxygens (including phenoxy) is 1. The first kappa shape index (κ1) is 16.5. The van der Waals surface area contributed by atoms with Crippen molar-refractivity contribution < 1.29 is 9.53 Å². The van der Waals surface area contributed by atoms with E-state index in [-0.39, 0.29) is 5.78 Å². The van der Waals surface area contributed by atoms with Crippen molar-refractivity contribution in [3.05, 3.63) is 24.3 Å². The minimum atomic E-state index is 0.229. The van der Waals surface area contributed by atoms with Gasteiger partial charge in [0.25, 0.3) is 0 Å². The maximum Gasteiger partial charge on any atom is 0.191 e. The lowest BCUT2D eigenvalue weighted by Crippen LogP contribution is -2.01. The van der Waals surface area contributed by atoms with Crippen LogP contribution in [-0.2, 0) is 11.3 Å². The Morgan fingerprint density at radius 1 is 1.32 bits per heavy atom. The molecule has 0 saturated carbocycles. The van der Waals surface area contributed by atoms with Gasteiger partial charge in [0.15, 0.2) is 11.0 Å². The zero-order chi connectivity index (χ0) is 15.9. The Morgan fingerprint density at radius 3 is 2.77 bits per heavy atom. The standard InChI is InChI=1S/C16H21N3O2S/c1-4-19-15(13-9-5-6-10-14(13)21-3)17-18-16(19)22-11-7-8-12(2)20/h5-6,9-10H,4,7-8,11H2,1-3H3. The van der Waals surface area contributed by atoms with E-state index in [0.717, 1.165) is 41.0 Å². The highest BCUT2D eigenvalue weighted by Crippen LogP contribution is 2.30. The Kier molecular flexibility index (Phi) is 6.00. The molecule has 0 spiro atoms. The number of benzene rings is 1. The maximum absolute atomic E-state index is 11.0. The van der Waals surface area contributed by atoms with Gasteiger partial charge in [0.05, 0.1) is 12.7 Å². The van der Waals surface area contributed by atoms with Gasteiger partial charge in [-0.25, -0.2) is 0 Å². The first-order valence-electron chi connectivity index (χ1n) is 7.36. The second-order valence-corrected chi connectivity index (χ2v) is 5.97. The molecule has 0 N–H and O–H groups in total. The van der Waals surface area contributed by atoms with Crippen LogP contribution in [0.2, 0.25) is 0 Å². The Labute approximate surface area is 135 Å². The Balaban J connectivity index is 2.18. The van der Waals surface area contributed by atoms with Gasteiger partial charge in [0.1, 0.15) is 11.5 Å². The molecule has 6 heteroatoms. The number of nitrogens with zero attached hydrogens (tertiary/aromatic N) is 3. The number of aromatic nitrogens is 3. The van der Waals surface area contributed by atoms with Crippen LogP contribution in [0.3, 0.4) is 0 Å². The number of hydrogen-bond acceptors (Lipinski definition) is 5. The van der Waals surface area contributed by atoms with Crippen molar-refractivity contribution in [2.75, 3.05) is 12.9 Å². The number of hydrogen-bond donors (Lipinski definition) is 0. The fourth-order valence-electron chi connectivity index (χ4n) is 2.19. The number of carbonyl (C=O) groups excluding carboxylic acids is 1. The van der Waals surface area contributed by atoms with Crippen molar-refractivity contribution in [1.29, 1.82) is 0 Å². The fourth-order valence-corrected chi connectivity index (χ4v) is 3.13. The first-order chi connectivity index (χ1) is 10.7. The van der Waals surface area contributed by atoms with Crippen molar-refractivity contribution >= 4 is 17.5 Å². The highest BCUT2D eigenvalue weighted by atomic mass is 32.2. The van der Waals surface area contributed by atoms with E-state index < -0.39 is 0 Å². The molecule has 22 heavy (non-hydrogen) atoms. The Morgan fingerprint density at radius 2 is 2.09 bits per heavy atom. The number of Topliss-reactive ketones (excluding diaryl/α,β-unsaturated/α-hetero) is 1. The minimum Gasteiger partial charge on any atom is -0.496 e. The van der Waals surface area contributed by atoms with Crippen molar-refractivity contribution in [3.63, 3.8) is 0 Å². The normalized spacial score (nSPS) is 10.7. The van der Waals surface area contributed by atoms with E-state index in [1.165, 1.54) is 0 Å². The third-order valence-corrected chi connectivity index (χ3v) is 4.34. The molecule has 1 aromatic heterocycles. The summed E-state index contributed by atoms with van der Waals surface area (Å²) in [6.45, 7) is 4.48. The molecule has 1 aromatic carbocycles. The fraction of sp³-hybridized carbons (Fsp3) is 0.438. The van der Waals surface area contributed by atoms with Crippen LogP contribution >= 0.6 is 11.8 Å². The molecule has 0 unspecified atom stereocenters. The number of ketones is 1. The summed E-state index contributed by atoms with van der Waals surface area (Å²) in [5.74, 6) is 2.70. The zero-order valence-electron chi connectivity index (χ0n) is 13.2. The highest BCUT2D eigenvalue weighted by molar-refractivity contribution is 7.99. The van der Waals surface area contributed by atoms with Crippen LogP contribution in [0.5, 0.6) is 5.75 Å². The minimum absolute atomic E-state index is 0.229. The zero-order valence-corrected chi connectivity index (χ0v) is 14.0.